The highest BCUT2D eigenvalue weighted by molar-refractivity contribution is 8.00. The van der Waals surface area contributed by atoms with E-state index in [4.69, 9.17) is 9.84 Å². The quantitative estimate of drug-likeness (QED) is 0.278. The van der Waals surface area contributed by atoms with E-state index >= 15 is 0 Å². The van der Waals surface area contributed by atoms with Gasteiger partial charge in [-0.1, -0.05) is 30.7 Å². The van der Waals surface area contributed by atoms with Crippen molar-refractivity contribution in [2.24, 2.45) is 0 Å². The van der Waals surface area contributed by atoms with Gasteiger partial charge in [-0.15, -0.1) is 11.8 Å². The Morgan fingerprint density at radius 3 is 2.47 bits per heavy atom. The molecule has 0 amide bonds. The molecule has 1 fully saturated rings. The molecule has 0 atom stereocenters. The Bertz CT molecular complexity index is 1320. The molecule has 3 N–H and O–H groups in total. The first-order valence-corrected chi connectivity index (χ1v) is 13.3. The number of carboxylic acid groups (broad SMARTS) is 1. The monoisotopic (exact) mass is 505 g/mol. The third-order valence-corrected chi connectivity index (χ3v) is 8.01. The lowest BCUT2D eigenvalue weighted by Crippen LogP contribution is -2.20. The molecule has 3 aromatic carbocycles. The number of anilines is 1. The molecular weight excluding hydrogens is 481 g/mol. The van der Waals surface area contributed by atoms with Gasteiger partial charge in [0.1, 0.15) is 5.75 Å². The zero-order valence-corrected chi connectivity index (χ0v) is 19.8. The number of phenolic OH excluding ortho intramolecular Hbond substituents is 1. The number of aromatic hydroxyl groups is 1. The van der Waals surface area contributed by atoms with E-state index in [0.717, 1.165) is 49.9 Å². The van der Waals surface area contributed by atoms with Crippen LogP contribution in [-0.4, -0.2) is 36.5 Å². The number of carboxylic acids is 1. The molecule has 34 heavy (non-hydrogen) atoms. The minimum Gasteiger partial charge on any atom is -0.506 e. The molecule has 0 saturated heterocycles. The highest BCUT2D eigenvalue weighted by Gasteiger charge is 2.22. The van der Waals surface area contributed by atoms with Gasteiger partial charge in [-0.05, 0) is 49.9 Å². The first-order chi connectivity index (χ1) is 16.2. The zero-order chi connectivity index (χ0) is 24.3. The number of rotatable bonds is 8. The van der Waals surface area contributed by atoms with Crippen molar-refractivity contribution in [3.63, 3.8) is 0 Å². The lowest BCUT2D eigenvalue weighted by Gasteiger charge is -2.23. The number of phenols is 1. The van der Waals surface area contributed by atoms with Gasteiger partial charge in [0.15, 0.2) is 11.6 Å². The molecular formula is C24H24FNO6S2. The summed E-state index contributed by atoms with van der Waals surface area (Å²) in [7, 11) is -4.19. The third kappa shape index (κ3) is 5.39. The van der Waals surface area contributed by atoms with Crippen LogP contribution >= 0.6 is 11.8 Å². The second-order valence-corrected chi connectivity index (χ2v) is 10.8. The van der Waals surface area contributed by atoms with E-state index in [-0.39, 0.29) is 38.8 Å². The molecule has 0 heterocycles. The van der Waals surface area contributed by atoms with Crippen LogP contribution in [0.2, 0.25) is 0 Å². The van der Waals surface area contributed by atoms with E-state index in [0.29, 0.717) is 10.8 Å². The number of fused-ring (bicyclic) bond motifs is 1. The number of carbonyl (C=O) groups is 1. The molecule has 0 radical (unpaired) electrons. The maximum Gasteiger partial charge on any atom is 0.313 e. The van der Waals surface area contributed by atoms with Gasteiger partial charge in [-0.2, -0.15) is 0 Å². The normalized spacial score (nSPS) is 14.7. The molecule has 0 aliphatic heterocycles. The van der Waals surface area contributed by atoms with Crippen molar-refractivity contribution in [3.05, 3.63) is 54.3 Å². The van der Waals surface area contributed by atoms with Crippen molar-refractivity contribution in [1.82, 2.24) is 0 Å². The second kappa shape index (κ2) is 10.1. The second-order valence-electron chi connectivity index (χ2n) is 8.07. The fraction of sp³-hybridized carbons (Fsp3) is 0.292. The van der Waals surface area contributed by atoms with Crippen molar-refractivity contribution in [3.8, 4) is 11.5 Å². The summed E-state index contributed by atoms with van der Waals surface area (Å²) in [4.78, 5) is 10.9. The largest absolute Gasteiger partial charge is 0.506 e. The van der Waals surface area contributed by atoms with Crippen LogP contribution in [-0.2, 0) is 14.8 Å². The van der Waals surface area contributed by atoms with Gasteiger partial charge in [0.05, 0.1) is 27.3 Å². The summed E-state index contributed by atoms with van der Waals surface area (Å²) < 4.78 is 49.1. The summed E-state index contributed by atoms with van der Waals surface area (Å²) in [5, 5.41) is 20.3. The highest BCUT2D eigenvalue weighted by atomic mass is 32.2. The van der Waals surface area contributed by atoms with E-state index in [2.05, 4.69) is 4.72 Å². The van der Waals surface area contributed by atoms with Crippen LogP contribution in [0.5, 0.6) is 11.5 Å². The number of hydrogen-bond acceptors (Lipinski definition) is 6. The molecule has 3 aromatic rings. The molecule has 4 rings (SSSR count). The summed E-state index contributed by atoms with van der Waals surface area (Å²) in [6, 6.07) is 11.5. The molecule has 1 aliphatic carbocycles. The fourth-order valence-corrected chi connectivity index (χ4v) is 5.79. The van der Waals surface area contributed by atoms with Crippen molar-refractivity contribution in [2.75, 3.05) is 10.5 Å². The van der Waals surface area contributed by atoms with Crippen molar-refractivity contribution in [2.45, 2.75) is 48.0 Å². The maximum absolute atomic E-state index is 14.7. The summed E-state index contributed by atoms with van der Waals surface area (Å²) >= 11 is 0.866. The van der Waals surface area contributed by atoms with Gasteiger partial charge in [0.25, 0.3) is 10.0 Å². The lowest BCUT2D eigenvalue weighted by molar-refractivity contribution is -0.133. The fourth-order valence-electron chi connectivity index (χ4n) is 3.98. The first-order valence-electron chi connectivity index (χ1n) is 10.8. The van der Waals surface area contributed by atoms with Crippen LogP contribution in [0.1, 0.15) is 32.1 Å². The van der Waals surface area contributed by atoms with Crippen molar-refractivity contribution < 1.29 is 32.6 Å². The lowest BCUT2D eigenvalue weighted by atomic mass is 9.98. The Hall–Kier alpha value is -2.98. The molecule has 0 unspecified atom stereocenters. The first kappa shape index (κ1) is 24.2. The smallest absolute Gasteiger partial charge is 0.313 e. The Morgan fingerprint density at radius 1 is 1.09 bits per heavy atom. The Kier molecular flexibility index (Phi) is 7.18. The van der Waals surface area contributed by atoms with Crippen LogP contribution in [0.4, 0.5) is 10.1 Å². The Balaban J connectivity index is 1.63. The molecule has 0 aromatic heterocycles. The van der Waals surface area contributed by atoms with Crippen LogP contribution < -0.4 is 9.46 Å². The average Bonchev–Trinajstić information content (AvgIpc) is 2.82. The summed E-state index contributed by atoms with van der Waals surface area (Å²) in [5.74, 6) is -2.27. The van der Waals surface area contributed by atoms with Crippen LogP contribution in [0.15, 0.2) is 58.3 Å². The number of halogens is 1. The van der Waals surface area contributed by atoms with E-state index in [1.165, 1.54) is 18.2 Å². The minimum absolute atomic E-state index is 0.0216. The average molecular weight is 506 g/mol. The number of sulfonamides is 1. The van der Waals surface area contributed by atoms with E-state index in [9.17, 15) is 22.7 Å². The topological polar surface area (TPSA) is 113 Å². The Morgan fingerprint density at radius 2 is 1.79 bits per heavy atom. The van der Waals surface area contributed by atoms with Gasteiger partial charge >= 0.3 is 5.97 Å². The van der Waals surface area contributed by atoms with Crippen LogP contribution in [0.3, 0.4) is 0 Å². The molecule has 10 heteroatoms. The molecule has 0 spiro atoms. The van der Waals surface area contributed by atoms with E-state index in [1.807, 2.05) is 0 Å². The molecule has 0 bridgehead atoms. The number of hydrogen-bond donors (Lipinski definition) is 3. The molecule has 7 nitrogen and oxygen atoms in total. The molecule has 1 saturated carbocycles. The number of aliphatic carboxylic acids is 1. The Labute approximate surface area is 201 Å². The zero-order valence-electron chi connectivity index (χ0n) is 18.2. The van der Waals surface area contributed by atoms with Crippen LogP contribution in [0, 0.1) is 5.82 Å². The summed E-state index contributed by atoms with van der Waals surface area (Å²) in [6.45, 7) is 0. The van der Waals surface area contributed by atoms with Crippen molar-refractivity contribution in [1.29, 1.82) is 0 Å². The minimum atomic E-state index is -4.19. The predicted octanol–water partition coefficient (Wildman–Crippen LogP) is 5.37. The van der Waals surface area contributed by atoms with E-state index < -0.39 is 21.8 Å². The van der Waals surface area contributed by atoms with Gasteiger partial charge in [-0.25, -0.2) is 12.8 Å². The number of thioether (sulfide) groups is 1. The highest BCUT2D eigenvalue weighted by Crippen LogP contribution is 2.40. The molecule has 1 aliphatic rings. The van der Waals surface area contributed by atoms with E-state index in [1.54, 1.807) is 24.3 Å². The third-order valence-electron chi connectivity index (χ3n) is 5.64. The van der Waals surface area contributed by atoms with Crippen molar-refractivity contribution >= 4 is 44.2 Å². The van der Waals surface area contributed by atoms with Crippen LogP contribution in [0.25, 0.3) is 10.8 Å². The standard InChI is InChI=1S/C24H24FNO6S2/c25-19-12-16(10-11-21(19)32-15-6-2-1-3-7-15)34(30,31)26-20-13-22(33-14-23(27)28)24(29)18-9-5-4-8-17(18)20/h4-5,8-13,15,26,29H,1-3,6-7,14H2,(H,27,28). The SMILES string of the molecule is O=C(O)CSc1cc(NS(=O)(=O)c2ccc(OC3CCCCC3)c(F)c2)c2ccccc2c1O. The van der Waals surface area contributed by atoms with Gasteiger partial charge in [-0.3, -0.25) is 9.52 Å². The summed E-state index contributed by atoms with van der Waals surface area (Å²) in [6.07, 6.45) is 4.79. The van der Waals surface area contributed by atoms with Gasteiger partial charge < -0.3 is 14.9 Å². The van der Waals surface area contributed by atoms with Gasteiger partial charge in [0, 0.05) is 10.8 Å². The number of nitrogens with one attached hydrogen (secondary N) is 1. The maximum atomic E-state index is 14.7. The number of benzene rings is 3. The summed E-state index contributed by atoms with van der Waals surface area (Å²) in [5.41, 5.74) is 0.143. The number of ether oxygens (including phenoxy) is 1. The predicted molar refractivity (Wildman–Crippen MR) is 129 cm³/mol. The molecule has 180 valence electrons. The van der Waals surface area contributed by atoms with Gasteiger partial charge in [0.2, 0.25) is 0 Å².